The minimum Gasteiger partial charge on any atom is -0.339 e. The first-order valence-corrected chi connectivity index (χ1v) is 4.28. The van der Waals surface area contributed by atoms with E-state index in [-0.39, 0.29) is 0 Å². The van der Waals surface area contributed by atoms with Gasteiger partial charge in [-0.2, -0.15) is 5.10 Å². The van der Waals surface area contributed by atoms with Gasteiger partial charge >= 0.3 is 0 Å². The molecular weight excluding hydrogens is 138 g/mol. The first-order chi connectivity index (χ1) is 5.24. The Morgan fingerprint density at radius 1 is 1.64 bits per heavy atom. The third kappa shape index (κ3) is 2.10. The van der Waals surface area contributed by atoms with Crippen LogP contribution < -0.4 is 5.43 Å². The molecule has 0 aromatic rings. The molecule has 0 bridgehead atoms. The molecule has 0 fully saturated rings. The smallest absolute Gasteiger partial charge is 0.116 e. The van der Waals surface area contributed by atoms with Crippen LogP contribution in [0.3, 0.4) is 0 Å². The molecular formula is C8H17N3. The molecule has 1 rings (SSSR count). The van der Waals surface area contributed by atoms with Crippen LogP contribution in [-0.2, 0) is 0 Å². The number of hydrogen-bond acceptors (Lipinski definition) is 3. The highest BCUT2D eigenvalue weighted by molar-refractivity contribution is 5.56. The van der Waals surface area contributed by atoms with Crippen molar-refractivity contribution in [3.8, 4) is 0 Å². The Hall–Kier alpha value is -0.730. The Labute approximate surface area is 68.5 Å². The molecule has 1 aliphatic rings. The summed E-state index contributed by atoms with van der Waals surface area (Å²) in [6.45, 7) is 7.70. The minimum atomic E-state index is 0.428. The summed E-state index contributed by atoms with van der Waals surface area (Å²) >= 11 is 0. The monoisotopic (exact) mass is 155 g/mol. The van der Waals surface area contributed by atoms with E-state index in [0.29, 0.717) is 12.1 Å². The van der Waals surface area contributed by atoms with Crippen LogP contribution in [0.2, 0.25) is 0 Å². The predicted molar refractivity (Wildman–Crippen MR) is 47.3 cm³/mol. The molecule has 0 radical (unpaired) electrons. The molecule has 0 aromatic carbocycles. The normalized spacial score (nSPS) is 22.9. The minimum absolute atomic E-state index is 0.428. The molecule has 1 heterocycles. The van der Waals surface area contributed by atoms with Gasteiger partial charge in [-0.25, -0.2) is 0 Å². The molecule has 1 aliphatic heterocycles. The van der Waals surface area contributed by atoms with Crippen molar-refractivity contribution < 1.29 is 0 Å². The lowest BCUT2D eigenvalue weighted by atomic mass is 10.2. The van der Waals surface area contributed by atoms with Gasteiger partial charge in [-0.3, -0.25) is 5.43 Å². The molecule has 0 saturated heterocycles. The molecule has 11 heavy (non-hydrogen) atoms. The summed E-state index contributed by atoms with van der Waals surface area (Å²) in [6, 6.07) is 0. The van der Waals surface area contributed by atoms with Crippen molar-refractivity contribution in [1.82, 2.24) is 10.3 Å². The van der Waals surface area contributed by atoms with Gasteiger partial charge in [0.15, 0.2) is 0 Å². The molecule has 0 aliphatic carbocycles. The van der Waals surface area contributed by atoms with Crippen molar-refractivity contribution in [2.75, 3.05) is 6.54 Å². The van der Waals surface area contributed by atoms with Crippen molar-refractivity contribution in [2.45, 2.75) is 33.4 Å². The van der Waals surface area contributed by atoms with Crippen molar-refractivity contribution in [3.63, 3.8) is 0 Å². The van der Waals surface area contributed by atoms with Crippen molar-refractivity contribution in [1.29, 1.82) is 0 Å². The largest absolute Gasteiger partial charge is 0.339 e. The van der Waals surface area contributed by atoms with Crippen LogP contribution in [0.15, 0.2) is 5.10 Å². The topological polar surface area (TPSA) is 27.6 Å². The molecule has 0 aromatic heterocycles. The van der Waals surface area contributed by atoms with E-state index in [1.807, 2.05) is 6.34 Å². The molecule has 1 unspecified atom stereocenters. The second-order valence-electron chi connectivity index (χ2n) is 3.39. The van der Waals surface area contributed by atoms with E-state index in [0.717, 1.165) is 13.0 Å². The van der Waals surface area contributed by atoms with E-state index in [1.165, 1.54) is 0 Å². The van der Waals surface area contributed by atoms with Crippen LogP contribution in [0.25, 0.3) is 0 Å². The summed E-state index contributed by atoms with van der Waals surface area (Å²) in [5.41, 5.74) is 3.06. The SMILES string of the molecule is CCC1NN=CN1CC(C)C. The summed E-state index contributed by atoms with van der Waals surface area (Å²) in [5.74, 6) is 0.704. The predicted octanol–water partition coefficient (Wildman–Crippen LogP) is 1.23. The average molecular weight is 155 g/mol. The maximum absolute atomic E-state index is 4.02. The van der Waals surface area contributed by atoms with Crippen LogP contribution >= 0.6 is 0 Å². The highest BCUT2D eigenvalue weighted by Gasteiger charge is 2.17. The standard InChI is InChI=1S/C8H17N3/c1-4-8-10-9-6-11(8)5-7(2)3/h6-8,10H,4-5H2,1-3H3. The molecule has 3 nitrogen and oxygen atoms in total. The zero-order chi connectivity index (χ0) is 8.27. The van der Waals surface area contributed by atoms with Gasteiger partial charge < -0.3 is 4.90 Å². The van der Waals surface area contributed by atoms with Gasteiger partial charge in [-0.05, 0) is 12.3 Å². The van der Waals surface area contributed by atoms with Crippen LogP contribution in [-0.4, -0.2) is 23.9 Å². The molecule has 64 valence electrons. The van der Waals surface area contributed by atoms with Crippen LogP contribution in [0, 0.1) is 5.92 Å². The highest BCUT2D eigenvalue weighted by atomic mass is 15.5. The molecule has 0 saturated carbocycles. The fourth-order valence-electron chi connectivity index (χ4n) is 1.27. The van der Waals surface area contributed by atoms with Gasteiger partial charge in [-0.15, -0.1) is 0 Å². The van der Waals surface area contributed by atoms with Crippen molar-refractivity contribution in [2.24, 2.45) is 11.0 Å². The van der Waals surface area contributed by atoms with Gasteiger partial charge in [0, 0.05) is 6.54 Å². The van der Waals surface area contributed by atoms with Gasteiger partial charge in [0.05, 0.1) is 0 Å². The summed E-state index contributed by atoms with van der Waals surface area (Å²) in [6.07, 6.45) is 3.43. The van der Waals surface area contributed by atoms with E-state index < -0.39 is 0 Å². The Balaban J connectivity index is 2.37. The fraction of sp³-hybridized carbons (Fsp3) is 0.875. The Bertz CT molecular complexity index is 142. The lowest BCUT2D eigenvalue weighted by molar-refractivity contribution is 0.271. The zero-order valence-corrected chi connectivity index (χ0v) is 7.54. The maximum atomic E-state index is 4.02. The lowest BCUT2D eigenvalue weighted by Gasteiger charge is -2.23. The van der Waals surface area contributed by atoms with Crippen LogP contribution in [0.1, 0.15) is 27.2 Å². The second-order valence-corrected chi connectivity index (χ2v) is 3.39. The Morgan fingerprint density at radius 3 is 2.91 bits per heavy atom. The average Bonchev–Trinajstić information content (AvgIpc) is 2.34. The molecule has 1 N–H and O–H groups in total. The number of rotatable bonds is 3. The number of nitrogens with one attached hydrogen (secondary N) is 1. The third-order valence-corrected chi connectivity index (χ3v) is 1.79. The van der Waals surface area contributed by atoms with Crippen molar-refractivity contribution in [3.05, 3.63) is 0 Å². The van der Waals surface area contributed by atoms with Gasteiger partial charge in [0.25, 0.3) is 0 Å². The number of hydrogen-bond donors (Lipinski definition) is 1. The quantitative estimate of drug-likeness (QED) is 0.663. The Morgan fingerprint density at radius 2 is 2.36 bits per heavy atom. The molecule has 0 spiro atoms. The third-order valence-electron chi connectivity index (χ3n) is 1.79. The summed E-state index contributed by atoms with van der Waals surface area (Å²) in [7, 11) is 0. The first-order valence-electron chi connectivity index (χ1n) is 4.28. The first kappa shape index (κ1) is 8.37. The summed E-state index contributed by atoms with van der Waals surface area (Å²) in [4.78, 5) is 2.25. The Kier molecular flexibility index (Phi) is 2.74. The molecule has 3 heteroatoms. The summed E-state index contributed by atoms with van der Waals surface area (Å²) < 4.78 is 0. The highest BCUT2D eigenvalue weighted by Crippen LogP contribution is 2.06. The lowest BCUT2D eigenvalue weighted by Crippen LogP contribution is -2.38. The van der Waals surface area contributed by atoms with Crippen LogP contribution in [0.5, 0.6) is 0 Å². The van der Waals surface area contributed by atoms with E-state index in [4.69, 9.17) is 0 Å². The van der Waals surface area contributed by atoms with E-state index >= 15 is 0 Å². The van der Waals surface area contributed by atoms with Gasteiger partial charge in [-0.1, -0.05) is 20.8 Å². The number of hydrazone groups is 1. The number of nitrogens with zero attached hydrogens (tertiary/aromatic N) is 2. The van der Waals surface area contributed by atoms with Gasteiger partial charge in [0.1, 0.15) is 12.5 Å². The maximum Gasteiger partial charge on any atom is 0.116 e. The molecule has 0 amide bonds. The van der Waals surface area contributed by atoms with E-state index in [9.17, 15) is 0 Å². The zero-order valence-electron chi connectivity index (χ0n) is 7.54. The summed E-state index contributed by atoms with van der Waals surface area (Å²) in [5, 5.41) is 4.02. The molecule has 1 atom stereocenters. The van der Waals surface area contributed by atoms with Gasteiger partial charge in [0.2, 0.25) is 0 Å². The van der Waals surface area contributed by atoms with Crippen molar-refractivity contribution >= 4 is 6.34 Å². The van der Waals surface area contributed by atoms with E-state index in [1.54, 1.807) is 0 Å². The fourth-order valence-corrected chi connectivity index (χ4v) is 1.27. The second kappa shape index (κ2) is 3.60. The van der Waals surface area contributed by atoms with E-state index in [2.05, 4.69) is 36.2 Å². The van der Waals surface area contributed by atoms with Crippen LogP contribution in [0.4, 0.5) is 0 Å².